The van der Waals surface area contributed by atoms with Crippen LogP contribution in [-0.2, 0) is 6.42 Å². The van der Waals surface area contributed by atoms with Crippen LogP contribution in [0.15, 0.2) is 42.5 Å². The maximum absolute atomic E-state index is 13.5. The van der Waals surface area contributed by atoms with Gasteiger partial charge >= 0.3 is 6.03 Å². The molecule has 1 aliphatic heterocycles. The van der Waals surface area contributed by atoms with Crippen LogP contribution in [0.4, 0.5) is 21.9 Å². The quantitative estimate of drug-likeness (QED) is 0.475. The predicted octanol–water partition coefficient (Wildman–Crippen LogP) is 4.19. The molecule has 5 N–H and O–H groups in total. The predicted molar refractivity (Wildman–Crippen MR) is 138 cm³/mol. The van der Waals surface area contributed by atoms with E-state index in [9.17, 15) is 9.59 Å². The van der Waals surface area contributed by atoms with Crippen molar-refractivity contribution in [3.05, 3.63) is 69.2 Å². The molecule has 3 amide bonds. The van der Waals surface area contributed by atoms with Gasteiger partial charge in [-0.3, -0.25) is 4.79 Å². The van der Waals surface area contributed by atoms with Crippen molar-refractivity contribution < 1.29 is 9.59 Å². The second-order valence-electron chi connectivity index (χ2n) is 8.95. The zero-order valence-corrected chi connectivity index (χ0v) is 20.6. The third-order valence-corrected chi connectivity index (χ3v) is 7.22. The Balaban J connectivity index is 1.74. The first-order chi connectivity index (χ1) is 16.2. The minimum absolute atomic E-state index is 0.239. The molecule has 2 aromatic carbocycles. The number of nitrogens with one attached hydrogen (secondary N) is 1. The number of carbonyl (C=O) groups is 2. The van der Waals surface area contributed by atoms with Crippen molar-refractivity contribution in [2.75, 3.05) is 36.6 Å². The van der Waals surface area contributed by atoms with E-state index >= 15 is 0 Å². The van der Waals surface area contributed by atoms with Gasteiger partial charge in [0.25, 0.3) is 5.91 Å². The van der Waals surface area contributed by atoms with Crippen LogP contribution < -0.4 is 21.7 Å². The molecular weight excluding hydrogens is 448 g/mol. The van der Waals surface area contributed by atoms with E-state index in [4.69, 9.17) is 11.5 Å². The first-order valence-electron chi connectivity index (χ1n) is 11.2. The summed E-state index contributed by atoms with van der Waals surface area (Å²) in [5, 5.41) is 3.26. The topological polar surface area (TPSA) is 118 Å². The van der Waals surface area contributed by atoms with Crippen molar-refractivity contribution in [3.63, 3.8) is 0 Å². The van der Waals surface area contributed by atoms with Crippen molar-refractivity contribution in [3.8, 4) is 0 Å². The van der Waals surface area contributed by atoms with Gasteiger partial charge in [0.1, 0.15) is 0 Å². The van der Waals surface area contributed by atoms with Crippen LogP contribution in [0.3, 0.4) is 0 Å². The van der Waals surface area contributed by atoms with Gasteiger partial charge in [-0.05, 0) is 41.8 Å². The lowest BCUT2D eigenvalue weighted by atomic mass is 9.92. The van der Waals surface area contributed by atoms with Gasteiger partial charge in [0.15, 0.2) is 5.01 Å². The van der Waals surface area contributed by atoms with E-state index in [-0.39, 0.29) is 11.0 Å². The molecule has 0 aliphatic carbocycles. The largest absolute Gasteiger partial charge is 0.398 e. The number of nitrogen functional groups attached to an aromatic ring is 1. The number of rotatable bonds is 5. The summed E-state index contributed by atoms with van der Waals surface area (Å²) in [6.07, 6.45) is 0.534. The van der Waals surface area contributed by atoms with Crippen molar-refractivity contribution in [2.45, 2.75) is 32.2 Å². The number of urea groups is 1. The third-order valence-electron chi connectivity index (χ3n) is 6.06. The van der Waals surface area contributed by atoms with Gasteiger partial charge in [0, 0.05) is 49.7 Å². The molecule has 1 unspecified atom stereocenters. The lowest BCUT2D eigenvalue weighted by Crippen LogP contribution is -2.42. The number of benzene rings is 2. The minimum atomic E-state index is -0.570. The SMILES string of the molecule is CC(C)c1ccc(N)c(C2c3sc(C(N)=O)nc3CCN2C(=O)Nc2ccc(N(C)C)cc2)c1. The molecule has 1 aromatic heterocycles. The highest BCUT2D eigenvalue weighted by Crippen LogP contribution is 2.42. The summed E-state index contributed by atoms with van der Waals surface area (Å²) in [7, 11) is 3.93. The van der Waals surface area contributed by atoms with E-state index in [1.807, 2.05) is 55.4 Å². The van der Waals surface area contributed by atoms with Crippen molar-refractivity contribution in [1.82, 2.24) is 9.88 Å². The number of carbonyl (C=O) groups excluding carboxylic acids is 2. The first-order valence-corrected chi connectivity index (χ1v) is 12.0. The van der Waals surface area contributed by atoms with Gasteiger partial charge in [-0.2, -0.15) is 0 Å². The Morgan fingerprint density at radius 3 is 2.50 bits per heavy atom. The van der Waals surface area contributed by atoms with Gasteiger partial charge in [0.2, 0.25) is 0 Å². The van der Waals surface area contributed by atoms with E-state index in [1.54, 1.807) is 4.90 Å². The molecular formula is C25H30N6O2S. The molecule has 1 atom stereocenters. The summed E-state index contributed by atoms with van der Waals surface area (Å²) in [4.78, 5) is 34.4. The molecule has 2 heterocycles. The maximum atomic E-state index is 13.5. The molecule has 0 spiro atoms. The number of amides is 3. The second kappa shape index (κ2) is 9.34. The Kier molecular flexibility index (Phi) is 6.47. The van der Waals surface area contributed by atoms with E-state index in [0.717, 1.165) is 27.4 Å². The Bertz CT molecular complexity index is 1220. The van der Waals surface area contributed by atoms with E-state index < -0.39 is 11.9 Å². The molecule has 9 heteroatoms. The smallest absolute Gasteiger partial charge is 0.322 e. The Morgan fingerprint density at radius 1 is 1.18 bits per heavy atom. The maximum Gasteiger partial charge on any atom is 0.322 e. The van der Waals surface area contributed by atoms with Crippen LogP contribution in [0.5, 0.6) is 0 Å². The molecule has 0 fully saturated rings. The zero-order valence-electron chi connectivity index (χ0n) is 19.8. The van der Waals surface area contributed by atoms with Gasteiger partial charge < -0.3 is 26.6 Å². The Morgan fingerprint density at radius 2 is 1.88 bits per heavy atom. The molecule has 178 valence electrons. The number of thiazole rings is 1. The number of hydrogen-bond acceptors (Lipinski definition) is 6. The van der Waals surface area contributed by atoms with E-state index in [0.29, 0.717) is 30.3 Å². The second-order valence-corrected chi connectivity index (χ2v) is 9.99. The fraction of sp³-hybridized carbons (Fsp3) is 0.320. The number of anilines is 3. The average Bonchev–Trinajstić information content (AvgIpc) is 3.24. The summed E-state index contributed by atoms with van der Waals surface area (Å²) < 4.78 is 0. The number of hydrogen-bond donors (Lipinski definition) is 3. The highest BCUT2D eigenvalue weighted by Gasteiger charge is 2.36. The van der Waals surface area contributed by atoms with Crippen molar-refractivity contribution in [2.24, 2.45) is 5.73 Å². The molecule has 3 aromatic rings. The number of nitrogens with two attached hydrogens (primary N) is 2. The van der Waals surface area contributed by atoms with E-state index in [1.165, 1.54) is 11.3 Å². The number of nitrogens with zero attached hydrogens (tertiary/aromatic N) is 3. The molecule has 1 aliphatic rings. The van der Waals surface area contributed by atoms with Crippen LogP contribution in [-0.4, -0.2) is 42.5 Å². The van der Waals surface area contributed by atoms with Crippen molar-refractivity contribution >= 4 is 40.3 Å². The molecule has 4 rings (SSSR count). The summed E-state index contributed by atoms with van der Waals surface area (Å²) in [5.74, 6) is -0.276. The van der Waals surface area contributed by atoms with Crippen LogP contribution in [0, 0.1) is 0 Å². The highest BCUT2D eigenvalue weighted by molar-refractivity contribution is 7.13. The molecule has 8 nitrogen and oxygen atoms in total. The van der Waals surface area contributed by atoms with Crippen LogP contribution in [0.25, 0.3) is 0 Å². The standard InChI is InChI=1S/C25H30N6O2S/c1-14(2)15-5-10-19(26)18(13-15)21-22-20(29-24(34-22)23(27)32)11-12-31(21)25(33)28-16-6-8-17(9-7-16)30(3)4/h5-10,13-14,21H,11-12,26H2,1-4H3,(H2,27,32)(H,28,33). The third kappa shape index (κ3) is 4.56. The molecule has 0 radical (unpaired) electrons. The molecule has 0 saturated carbocycles. The minimum Gasteiger partial charge on any atom is -0.398 e. The fourth-order valence-electron chi connectivity index (χ4n) is 4.11. The summed E-state index contributed by atoms with van der Waals surface area (Å²) in [5.41, 5.74) is 17.0. The zero-order chi connectivity index (χ0) is 24.6. The number of primary amides is 1. The van der Waals surface area contributed by atoms with Gasteiger partial charge in [0.05, 0.1) is 16.6 Å². The number of fused-ring (bicyclic) bond motifs is 1. The molecule has 0 bridgehead atoms. The monoisotopic (exact) mass is 478 g/mol. The van der Waals surface area contributed by atoms with E-state index in [2.05, 4.69) is 30.2 Å². The highest BCUT2D eigenvalue weighted by atomic mass is 32.1. The van der Waals surface area contributed by atoms with Crippen LogP contribution in [0.2, 0.25) is 0 Å². The van der Waals surface area contributed by atoms with Gasteiger partial charge in [-0.15, -0.1) is 11.3 Å². The molecule has 34 heavy (non-hydrogen) atoms. The van der Waals surface area contributed by atoms with Gasteiger partial charge in [-0.25, -0.2) is 9.78 Å². The number of aromatic nitrogens is 1. The Hall–Kier alpha value is -3.59. The molecule has 0 saturated heterocycles. The van der Waals surface area contributed by atoms with Gasteiger partial charge in [-0.1, -0.05) is 26.0 Å². The summed E-state index contributed by atoms with van der Waals surface area (Å²) >= 11 is 1.23. The first kappa shape index (κ1) is 23.6. The lowest BCUT2D eigenvalue weighted by Gasteiger charge is -2.36. The fourth-order valence-corrected chi connectivity index (χ4v) is 5.21. The van der Waals surface area contributed by atoms with Crippen LogP contribution in [0.1, 0.15) is 57.3 Å². The lowest BCUT2D eigenvalue weighted by molar-refractivity contribution is 0.0999. The summed E-state index contributed by atoms with van der Waals surface area (Å²) in [6, 6.07) is 12.9. The van der Waals surface area contributed by atoms with Crippen LogP contribution >= 0.6 is 11.3 Å². The average molecular weight is 479 g/mol. The Labute approximate surface area is 203 Å². The van der Waals surface area contributed by atoms with Crippen molar-refractivity contribution in [1.29, 1.82) is 0 Å². The normalized spacial score (nSPS) is 15.2. The summed E-state index contributed by atoms with van der Waals surface area (Å²) in [6.45, 7) is 4.66.